The lowest BCUT2D eigenvalue weighted by atomic mass is 9.77. The van der Waals surface area contributed by atoms with E-state index in [1.807, 2.05) is 20.8 Å². The van der Waals surface area contributed by atoms with Crippen LogP contribution in [0.3, 0.4) is 0 Å². The highest BCUT2D eigenvalue weighted by molar-refractivity contribution is 4.92. The van der Waals surface area contributed by atoms with Gasteiger partial charge in [-0.3, -0.25) is 0 Å². The van der Waals surface area contributed by atoms with Crippen LogP contribution < -0.4 is 5.32 Å². The van der Waals surface area contributed by atoms with Gasteiger partial charge in [0.15, 0.2) is 0 Å². The first-order chi connectivity index (χ1) is 8.76. The normalized spacial score (nSPS) is 30.3. The maximum absolute atomic E-state index is 9.95. The SMILES string of the molecule is CC1CCCC(CO)(NCC(O)COC(C)(C)C)C1. The fourth-order valence-corrected chi connectivity index (χ4v) is 2.76. The fourth-order valence-electron chi connectivity index (χ4n) is 2.76. The van der Waals surface area contributed by atoms with E-state index in [1.54, 1.807) is 0 Å². The minimum atomic E-state index is -0.528. The van der Waals surface area contributed by atoms with Crippen molar-refractivity contribution in [3.05, 3.63) is 0 Å². The summed E-state index contributed by atoms with van der Waals surface area (Å²) in [5.74, 6) is 0.636. The molecule has 3 unspecified atom stereocenters. The fraction of sp³-hybridized carbons (Fsp3) is 1.00. The van der Waals surface area contributed by atoms with Crippen molar-refractivity contribution in [2.45, 2.75) is 70.6 Å². The Morgan fingerprint density at radius 1 is 1.42 bits per heavy atom. The second-order valence-corrected chi connectivity index (χ2v) is 7.10. The molecular weight excluding hydrogens is 242 g/mol. The van der Waals surface area contributed by atoms with E-state index in [9.17, 15) is 10.2 Å². The molecule has 114 valence electrons. The van der Waals surface area contributed by atoms with Gasteiger partial charge in [-0.05, 0) is 39.5 Å². The predicted octanol–water partition coefficient (Wildman–Crippen LogP) is 1.69. The minimum Gasteiger partial charge on any atom is -0.394 e. The summed E-state index contributed by atoms with van der Waals surface area (Å²) >= 11 is 0. The smallest absolute Gasteiger partial charge is 0.0898 e. The van der Waals surface area contributed by atoms with E-state index in [4.69, 9.17) is 4.74 Å². The molecule has 4 heteroatoms. The molecule has 0 aliphatic heterocycles. The summed E-state index contributed by atoms with van der Waals surface area (Å²) in [4.78, 5) is 0. The van der Waals surface area contributed by atoms with Crippen molar-refractivity contribution in [2.75, 3.05) is 19.8 Å². The van der Waals surface area contributed by atoms with E-state index < -0.39 is 6.10 Å². The van der Waals surface area contributed by atoms with Gasteiger partial charge in [-0.1, -0.05) is 19.8 Å². The van der Waals surface area contributed by atoms with Crippen LogP contribution in [-0.2, 0) is 4.74 Å². The van der Waals surface area contributed by atoms with Crippen molar-refractivity contribution >= 4 is 0 Å². The summed E-state index contributed by atoms with van der Waals surface area (Å²) in [6.07, 6.45) is 3.82. The molecule has 0 saturated heterocycles. The topological polar surface area (TPSA) is 61.7 Å². The number of hydrogen-bond donors (Lipinski definition) is 3. The first-order valence-corrected chi connectivity index (χ1v) is 7.44. The Morgan fingerprint density at radius 3 is 2.63 bits per heavy atom. The number of aliphatic hydroxyl groups excluding tert-OH is 2. The van der Waals surface area contributed by atoms with E-state index in [2.05, 4.69) is 12.2 Å². The van der Waals surface area contributed by atoms with Crippen molar-refractivity contribution < 1.29 is 14.9 Å². The molecule has 0 amide bonds. The van der Waals surface area contributed by atoms with E-state index in [1.165, 1.54) is 6.42 Å². The molecule has 19 heavy (non-hydrogen) atoms. The van der Waals surface area contributed by atoms with Gasteiger partial charge in [0.05, 0.1) is 24.9 Å². The maximum Gasteiger partial charge on any atom is 0.0898 e. The zero-order chi connectivity index (χ0) is 14.5. The van der Waals surface area contributed by atoms with Crippen LogP contribution in [0.2, 0.25) is 0 Å². The standard InChI is InChI=1S/C15H31NO3/c1-12-6-5-7-15(8-12,11-17)16-9-13(18)10-19-14(2,3)4/h12-13,16-18H,5-11H2,1-4H3. The summed E-state index contributed by atoms with van der Waals surface area (Å²) < 4.78 is 5.57. The van der Waals surface area contributed by atoms with Gasteiger partial charge in [-0.25, -0.2) is 0 Å². The second-order valence-electron chi connectivity index (χ2n) is 7.10. The van der Waals surface area contributed by atoms with Crippen molar-refractivity contribution in [3.63, 3.8) is 0 Å². The van der Waals surface area contributed by atoms with E-state index >= 15 is 0 Å². The van der Waals surface area contributed by atoms with Gasteiger partial charge in [-0.15, -0.1) is 0 Å². The van der Waals surface area contributed by atoms with Gasteiger partial charge in [0, 0.05) is 12.1 Å². The van der Waals surface area contributed by atoms with E-state index in [-0.39, 0.29) is 17.7 Å². The Hall–Kier alpha value is -0.160. The first-order valence-electron chi connectivity index (χ1n) is 7.44. The van der Waals surface area contributed by atoms with Crippen LogP contribution in [0.25, 0.3) is 0 Å². The quantitative estimate of drug-likeness (QED) is 0.689. The van der Waals surface area contributed by atoms with Gasteiger partial charge in [0.25, 0.3) is 0 Å². The van der Waals surface area contributed by atoms with Crippen LogP contribution in [0, 0.1) is 5.92 Å². The molecule has 0 aromatic carbocycles. The molecule has 1 fully saturated rings. The lowest BCUT2D eigenvalue weighted by Crippen LogP contribution is -2.54. The molecule has 1 saturated carbocycles. The van der Waals surface area contributed by atoms with Gasteiger partial charge in [0.2, 0.25) is 0 Å². The van der Waals surface area contributed by atoms with Gasteiger partial charge < -0.3 is 20.3 Å². The lowest BCUT2D eigenvalue weighted by Gasteiger charge is -2.40. The van der Waals surface area contributed by atoms with Crippen molar-refractivity contribution in [2.24, 2.45) is 5.92 Å². The summed E-state index contributed by atoms with van der Waals surface area (Å²) in [5.41, 5.74) is -0.435. The van der Waals surface area contributed by atoms with Crippen molar-refractivity contribution in [1.82, 2.24) is 5.32 Å². The largest absolute Gasteiger partial charge is 0.394 e. The Labute approximate surface area is 117 Å². The molecule has 0 aromatic heterocycles. The van der Waals surface area contributed by atoms with Gasteiger partial charge in [-0.2, -0.15) is 0 Å². The molecule has 0 bridgehead atoms. The summed E-state index contributed by atoms with van der Waals surface area (Å²) in [6.45, 7) is 9.10. The van der Waals surface area contributed by atoms with Crippen LogP contribution in [0.5, 0.6) is 0 Å². The highest BCUT2D eigenvalue weighted by atomic mass is 16.5. The number of β-amino-alcohol motifs (C(OH)–C–C–N with tert-alkyl or cyclic N) is 1. The maximum atomic E-state index is 9.95. The van der Waals surface area contributed by atoms with Crippen LogP contribution >= 0.6 is 0 Å². The molecule has 0 heterocycles. The summed E-state index contributed by atoms with van der Waals surface area (Å²) in [7, 11) is 0. The highest BCUT2D eigenvalue weighted by Crippen LogP contribution is 2.31. The summed E-state index contributed by atoms with van der Waals surface area (Å²) in [6, 6.07) is 0. The lowest BCUT2D eigenvalue weighted by molar-refractivity contribution is -0.0512. The number of rotatable bonds is 6. The zero-order valence-corrected chi connectivity index (χ0v) is 12.9. The third kappa shape index (κ3) is 6.21. The predicted molar refractivity (Wildman–Crippen MR) is 77.2 cm³/mol. The Balaban J connectivity index is 2.36. The van der Waals surface area contributed by atoms with Crippen molar-refractivity contribution in [3.8, 4) is 0 Å². The molecule has 0 spiro atoms. The van der Waals surface area contributed by atoms with Crippen molar-refractivity contribution in [1.29, 1.82) is 0 Å². The third-order valence-electron chi connectivity index (χ3n) is 3.82. The van der Waals surface area contributed by atoms with Crippen LogP contribution in [0.4, 0.5) is 0 Å². The highest BCUT2D eigenvalue weighted by Gasteiger charge is 2.34. The molecule has 1 rings (SSSR count). The minimum absolute atomic E-state index is 0.143. The number of hydrogen-bond acceptors (Lipinski definition) is 4. The van der Waals surface area contributed by atoms with Gasteiger partial charge in [0.1, 0.15) is 0 Å². The molecule has 3 atom stereocenters. The number of nitrogens with one attached hydrogen (secondary N) is 1. The third-order valence-corrected chi connectivity index (χ3v) is 3.82. The average molecular weight is 273 g/mol. The van der Waals surface area contributed by atoms with Gasteiger partial charge >= 0.3 is 0 Å². The number of ether oxygens (including phenoxy) is 1. The first kappa shape index (κ1) is 16.9. The molecule has 0 radical (unpaired) electrons. The Bertz CT molecular complexity index is 265. The Morgan fingerprint density at radius 2 is 2.11 bits per heavy atom. The molecular formula is C15H31NO3. The molecule has 0 aromatic rings. The average Bonchev–Trinajstić information content (AvgIpc) is 2.33. The van der Waals surface area contributed by atoms with E-state index in [0.29, 0.717) is 19.1 Å². The molecule has 3 N–H and O–H groups in total. The number of aliphatic hydroxyl groups is 2. The van der Waals surface area contributed by atoms with Crippen LogP contribution in [-0.4, -0.2) is 47.2 Å². The molecule has 1 aliphatic carbocycles. The monoisotopic (exact) mass is 273 g/mol. The summed E-state index contributed by atoms with van der Waals surface area (Å²) in [5, 5.41) is 23.0. The van der Waals surface area contributed by atoms with E-state index in [0.717, 1.165) is 19.3 Å². The molecule has 1 aliphatic rings. The second kappa shape index (κ2) is 7.02. The Kier molecular flexibility index (Phi) is 6.24. The van der Waals surface area contributed by atoms with Crippen LogP contribution in [0.15, 0.2) is 0 Å². The zero-order valence-electron chi connectivity index (χ0n) is 12.9. The van der Waals surface area contributed by atoms with Crippen LogP contribution in [0.1, 0.15) is 53.4 Å². The molecule has 4 nitrogen and oxygen atoms in total.